The average molecular weight is 794 g/mol. The Morgan fingerprint density at radius 1 is 0.344 bits per heavy atom. The van der Waals surface area contributed by atoms with Gasteiger partial charge in [0.05, 0.1) is 22.5 Å². The molecule has 2 heteroatoms. The molecule has 10 aromatic carbocycles. The second-order valence-electron chi connectivity index (χ2n) is 15.9. The molecule has 0 fully saturated rings. The molecule has 61 heavy (non-hydrogen) atoms. The van der Waals surface area contributed by atoms with E-state index >= 15 is 0 Å². The number of anilines is 3. The van der Waals surface area contributed by atoms with E-state index in [2.05, 4.69) is 241 Å². The van der Waals surface area contributed by atoms with Crippen LogP contribution >= 0.6 is 11.3 Å². The highest BCUT2D eigenvalue weighted by Gasteiger charge is 2.47. The van der Waals surface area contributed by atoms with E-state index in [-0.39, 0.29) is 0 Å². The van der Waals surface area contributed by atoms with Crippen molar-refractivity contribution in [2.24, 2.45) is 0 Å². The van der Waals surface area contributed by atoms with E-state index in [0.29, 0.717) is 0 Å². The molecule has 0 atom stereocenters. The SMILES string of the molecule is c1ccc(-c2ccc(-c3cccc4ccccc34)cc2N(c2cccc3c2-c2ccccc2C3(c2ccccc2)c2ccccc2)c2cccc3sc4ccccc4c23)cc1. The van der Waals surface area contributed by atoms with E-state index in [9.17, 15) is 0 Å². The van der Waals surface area contributed by atoms with Gasteiger partial charge in [0, 0.05) is 31.3 Å². The van der Waals surface area contributed by atoms with Crippen molar-refractivity contribution in [1.82, 2.24) is 0 Å². The number of hydrogen-bond donors (Lipinski definition) is 0. The van der Waals surface area contributed by atoms with E-state index in [1.54, 1.807) is 0 Å². The second kappa shape index (κ2) is 14.3. The smallest absolute Gasteiger partial charge is 0.0714 e. The van der Waals surface area contributed by atoms with Gasteiger partial charge in [-0.1, -0.05) is 206 Å². The third-order valence-corrected chi connectivity index (χ3v) is 13.9. The van der Waals surface area contributed by atoms with Crippen LogP contribution in [0.15, 0.2) is 237 Å². The third-order valence-electron chi connectivity index (χ3n) is 12.7. The summed E-state index contributed by atoms with van der Waals surface area (Å²) in [6, 6.07) is 87.5. The summed E-state index contributed by atoms with van der Waals surface area (Å²) in [5, 5.41) is 5.01. The number of thiophene rings is 1. The van der Waals surface area contributed by atoms with Crippen LogP contribution in [-0.4, -0.2) is 0 Å². The van der Waals surface area contributed by atoms with Crippen molar-refractivity contribution < 1.29 is 0 Å². The molecule has 0 bridgehead atoms. The lowest BCUT2D eigenvalue weighted by atomic mass is 9.68. The Kier molecular flexibility index (Phi) is 8.33. The van der Waals surface area contributed by atoms with Gasteiger partial charge in [-0.3, -0.25) is 0 Å². The predicted molar refractivity (Wildman–Crippen MR) is 260 cm³/mol. The van der Waals surface area contributed by atoms with Crippen LogP contribution in [0.25, 0.3) is 64.3 Å². The molecule has 0 unspecified atom stereocenters. The Balaban J connectivity index is 1.24. The van der Waals surface area contributed by atoms with Crippen molar-refractivity contribution in [3.8, 4) is 33.4 Å². The van der Waals surface area contributed by atoms with Crippen molar-refractivity contribution in [2.45, 2.75) is 5.41 Å². The van der Waals surface area contributed by atoms with Gasteiger partial charge < -0.3 is 4.90 Å². The minimum atomic E-state index is -0.537. The third kappa shape index (κ3) is 5.46. The maximum Gasteiger partial charge on any atom is 0.0714 e. The zero-order valence-corrected chi connectivity index (χ0v) is 34.2. The van der Waals surface area contributed by atoms with Crippen LogP contribution < -0.4 is 4.90 Å². The van der Waals surface area contributed by atoms with Gasteiger partial charge in [-0.05, 0) is 85.6 Å². The summed E-state index contributed by atoms with van der Waals surface area (Å²) < 4.78 is 2.56. The van der Waals surface area contributed by atoms with Crippen LogP contribution in [0.3, 0.4) is 0 Å². The number of fused-ring (bicyclic) bond motifs is 7. The van der Waals surface area contributed by atoms with Gasteiger partial charge in [-0.15, -0.1) is 11.3 Å². The molecule has 0 spiro atoms. The van der Waals surface area contributed by atoms with Gasteiger partial charge in [-0.25, -0.2) is 0 Å². The first-order chi connectivity index (χ1) is 30.3. The molecule has 0 aliphatic heterocycles. The van der Waals surface area contributed by atoms with E-state index in [0.717, 1.165) is 17.1 Å². The molecule has 1 aliphatic rings. The normalized spacial score (nSPS) is 12.7. The molecule has 0 radical (unpaired) electrons. The number of nitrogens with zero attached hydrogens (tertiary/aromatic N) is 1. The van der Waals surface area contributed by atoms with E-state index in [4.69, 9.17) is 0 Å². The van der Waals surface area contributed by atoms with Crippen molar-refractivity contribution in [3.05, 3.63) is 259 Å². The van der Waals surface area contributed by atoms with Crippen LogP contribution in [0.4, 0.5) is 17.1 Å². The minimum Gasteiger partial charge on any atom is -0.309 e. The van der Waals surface area contributed by atoms with E-state index in [1.165, 1.54) is 86.6 Å². The standard InChI is InChI=1S/C59H39NS/c1-4-19-41(20-5-1)47-38-37-42(46-30-16-22-40-21-10-11-27-45(40)46)39-54(47)60(53-34-18-36-56-58(53)49-29-13-15-35-55(49)61-56)52-33-17-32-51-57(52)48-28-12-14-31-50(48)59(51,43-23-6-2-7-24-43)44-25-8-3-9-26-44/h1-39H. The summed E-state index contributed by atoms with van der Waals surface area (Å²) in [5.41, 5.74) is 15.2. The fourth-order valence-corrected chi connectivity index (χ4v) is 11.3. The Labute approximate surface area is 360 Å². The fourth-order valence-electron chi connectivity index (χ4n) is 10.2. The molecule has 1 aromatic heterocycles. The van der Waals surface area contributed by atoms with Crippen molar-refractivity contribution in [2.75, 3.05) is 4.90 Å². The minimum absolute atomic E-state index is 0.537. The zero-order chi connectivity index (χ0) is 40.3. The highest BCUT2D eigenvalue weighted by atomic mass is 32.1. The lowest BCUT2D eigenvalue weighted by Gasteiger charge is -2.35. The molecule has 0 saturated heterocycles. The van der Waals surface area contributed by atoms with Crippen LogP contribution in [0, 0.1) is 0 Å². The molecule has 1 nitrogen and oxygen atoms in total. The van der Waals surface area contributed by atoms with Crippen LogP contribution in [0.2, 0.25) is 0 Å². The van der Waals surface area contributed by atoms with Crippen molar-refractivity contribution in [1.29, 1.82) is 0 Å². The summed E-state index contributed by atoms with van der Waals surface area (Å²) >= 11 is 1.87. The van der Waals surface area contributed by atoms with Gasteiger partial charge in [-0.2, -0.15) is 0 Å². The summed E-state index contributed by atoms with van der Waals surface area (Å²) in [7, 11) is 0. The molecule has 1 aliphatic carbocycles. The number of hydrogen-bond acceptors (Lipinski definition) is 2. The Morgan fingerprint density at radius 3 is 1.72 bits per heavy atom. The maximum absolute atomic E-state index is 2.60. The summed E-state index contributed by atoms with van der Waals surface area (Å²) in [6.07, 6.45) is 0. The first-order valence-corrected chi connectivity index (χ1v) is 21.8. The monoisotopic (exact) mass is 793 g/mol. The lowest BCUT2D eigenvalue weighted by molar-refractivity contribution is 0.768. The fraction of sp³-hybridized carbons (Fsp3) is 0.0169. The summed E-state index contributed by atoms with van der Waals surface area (Å²) in [6.45, 7) is 0. The molecule has 11 aromatic rings. The second-order valence-corrected chi connectivity index (χ2v) is 17.0. The van der Waals surface area contributed by atoms with Gasteiger partial charge in [0.2, 0.25) is 0 Å². The molecule has 0 saturated carbocycles. The molecule has 0 amide bonds. The van der Waals surface area contributed by atoms with Crippen LogP contribution in [0.1, 0.15) is 22.3 Å². The molecular weight excluding hydrogens is 755 g/mol. The van der Waals surface area contributed by atoms with Gasteiger partial charge in [0.15, 0.2) is 0 Å². The van der Waals surface area contributed by atoms with Crippen LogP contribution in [-0.2, 0) is 5.41 Å². The quantitative estimate of drug-likeness (QED) is 0.155. The summed E-state index contributed by atoms with van der Waals surface area (Å²) in [5.74, 6) is 0. The Hall–Kier alpha value is -7.52. The first kappa shape index (κ1) is 35.4. The van der Waals surface area contributed by atoms with E-state index in [1.807, 2.05) is 11.3 Å². The highest BCUT2D eigenvalue weighted by molar-refractivity contribution is 7.26. The molecule has 286 valence electrons. The molecule has 0 N–H and O–H groups in total. The predicted octanol–water partition coefficient (Wildman–Crippen LogP) is 16.4. The molecule has 1 heterocycles. The first-order valence-electron chi connectivity index (χ1n) is 21.0. The Bertz CT molecular complexity index is 3380. The topological polar surface area (TPSA) is 3.24 Å². The summed E-state index contributed by atoms with van der Waals surface area (Å²) in [4.78, 5) is 2.60. The maximum atomic E-state index is 2.60. The van der Waals surface area contributed by atoms with Gasteiger partial charge in [0.25, 0.3) is 0 Å². The lowest BCUT2D eigenvalue weighted by Crippen LogP contribution is -2.28. The van der Waals surface area contributed by atoms with Gasteiger partial charge >= 0.3 is 0 Å². The number of rotatable bonds is 7. The Morgan fingerprint density at radius 2 is 0.918 bits per heavy atom. The number of benzene rings is 10. The average Bonchev–Trinajstić information content (AvgIpc) is 3.87. The van der Waals surface area contributed by atoms with Crippen molar-refractivity contribution in [3.63, 3.8) is 0 Å². The molecular formula is C59H39NS. The van der Waals surface area contributed by atoms with Crippen LogP contribution in [0.5, 0.6) is 0 Å². The van der Waals surface area contributed by atoms with Gasteiger partial charge in [0.1, 0.15) is 0 Å². The zero-order valence-electron chi connectivity index (χ0n) is 33.4. The van der Waals surface area contributed by atoms with Crippen molar-refractivity contribution >= 4 is 59.3 Å². The largest absolute Gasteiger partial charge is 0.309 e. The van der Waals surface area contributed by atoms with E-state index < -0.39 is 5.41 Å². The molecule has 12 rings (SSSR count). The highest BCUT2D eigenvalue weighted by Crippen LogP contribution is 2.60.